The van der Waals surface area contributed by atoms with E-state index in [2.05, 4.69) is 6.58 Å². The molecule has 0 atom stereocenters. The van der Waals surface area contributed by atoms with Crippen molar-refractivity contribution in [3.8, 4) is 11.5 Å². The van der Waals surface area contributed by atoms with Crippen LogP contribution >= 0.6 is 0 Å². The Bertz CT molecular complexity index is 546. The molecule has 2 nitrogen and oxygen atoms in total. The fourth-order valence-electron chi connectivity index (χ4n) is 2.07. The predicted octanol–water partition coefficient (Wildman–Crippen LogP) is 4.67. The van der Waals surface area contributed by atoms with Gasteiger partial charge in [0.2, 0.25) is 0 Å². The largest absolute Gasteiger partial charge is 0.504 e. The van der Waals surface area contributed by atoms with Gasteiger partial charge in [-0.2, -0.15) is 0 Å². The van der Waals surface area contributed by atoms with E-state index in [0.29, 0.717) is 12.4 Å². The number of phenolic OH excluding ortho intramolecular Hbond substituents is 1. The van der Waals surface area contributed by atoms with E-state index < -0.39 is 0 Å². The summed E-state index contributed by atoms with van der Waals surface area (Å²) in [5.41, 5.74) is 0. The maximum Gasteiger partial charge on any atom is 0.161 e. The van der Waals surface area contributed by atoms with Crippen molar-refractivity contribution in [2.45, 2.75) is 25.7 Å². The van der Waals surface area contributed by atoms with Crippen molar-refractivity contribution in [3.05, 3.63) is 49.1 Å². The molecule has 2 aromatic carbocycles. The van der Waals surface area contributed by atoms with Gasteiger partial charge >= 0.3 is 0 Å². The normalized spacial score (nSPS) is 10.5. The highest BCUT2D eigenvalue weighted by Gasteiger charge is 2.04. The highest BCUT2D eigenvalue weighted by Crippen LogP contribution is 2.31. The van der Waals surface area contributed by atoms with Crippen molar-refractivity contribution in [1.82, 2.24) is 0 Å². The molecule has 0 unspecified atom stereocenters. The third kappa shape index (κ3) is 3.75. The van der Waals surface area contributed by atoms with E-state index in [9.17, 15) is 5.11 Å². The summed E-state index contributed by atoms with van der Waals surface area (Å²) in [5, 5.41) is 12.0. The van der Waals surface area contributed by atoms with E-state index in [-0.39, 0.29) is 5.75 Å². The predicted molar refractivity (Wildman–Crippen MR) is 79.8 cm³/mol. The minimum Gasteiger partial charge on any atom is -0.504 e. The molecule has 100 valence electrons. The Kier molecular flexibility index (Phi) is 4.85. The number of hydrogen-bond donors (Lipinski definition) is 1. The van der Waals surface area contributed by atoms with E-state index in [0.717, 1.165) is 36.5 Å². The number of hydrogen-bond acceptors (Lipinski definition) is 2. The van der Waals surface area contributed by atoms with Gasteiger partial charge in [-0.25, -0.2) is 0 Å². The summed E-state index contributed by atoms with van der Waals surface area (Å²) in [4.78, 5) is 0. The Balaban J connectivity index is 1.93. The molecule has 2 aromatic rings. The number of phenols is 1. The fraction of sp³-hybridized carbons (Fsp3) is 0.294. The van der Waals surface area contributed by atoms with Crippen LogP contribution in [0.1, 0.15) is 25.7 Å². The fourth-order valence-corrected chi connectivity index (χ4v) is 2.07. The summed E-state index contributed by atoms with van der Waals surface area (Å²) in [6.45, 7) is 4.34. The first-order chi connectivity index (χ1) is 9.31. The highest BCUT2D eigenvalue weighted by molar-refractivity contribution is 5.85. The van der Waals surface area contributed by atoms with Gasteiger partial charge in [0.25, 0.3) is 0 Å². The molecule has 0 bridgehead atoms. The van der Waals surface area contributed by atoms with Crippen molar-refractivity contribution in [2.75, 3.05) is 6.61 Å². The summed E-state index contributed by atoms with van der Waals surface area (Å²) in [6.07, 6.45) is 6.27. The first-order valence-electron chi connectivity index (χ1n) is 6.76. The van der Waals surface area contributed by atoms with E-state index in [1.165, 1.54) is 0 Å². The first-order valence-corrected chi connectivity index (χ1v) is 6.76. The Hall–Kier alpha value is -1.96. The van der Waals surface area contributed by atoms with Gasteiger partial charge in [0.1, 0.15) is 0 Å². The van der Waals surface area contributed by atoms with Crippen molar-refractivity contribution in [1.29, 1.82) is 0 Å². The SMILES string of the molecule is C=CCCCCCOc1cc2ccccc2cc1O. The Morgan fingerprint density at radius 3 is 2.53 bits per heavy atom. The Morgan fingerprint density at radius 1 is 1.05 bits per heavy atom. The lowest BCUT2D eigenvalue weighted by Crippen LogP contribution is -1.97. The van der Waals surface area contributed by atoms with Gasteiger partial charge in [-0.3, -0.25) is 0 Å². The second kappa shape index (κ2) is 6.83. The second-order valence-corrected chi connectivity index (χ2v) is 4.65. The van der Waals surface area contributed by atoms with Crippen molar-refractivity contribution in [3.63, 3.8) is 0 Å². The molecule has 0 saturated heterocycles. The molecule has 0 aliphatic carbocycles. The summed E-state index contributed by atoms with van der Waals surface area (Å²) in [5.74, 6) is 0.784. The second-order valence-electron chi connectivity index (χ2n) is 4.65. The highest BCUT2D eigenvalue weighted by atomic mass is 16.5. The molecule has 0 spiro atoms. The van der Waals surface area contributed by atoms with Crippen LogP contribution in [0.15, 0.2) is 49.1 Å². The molecule has 1 N–H and O–H groups in total. The molecule has 0 radical (unpaired) electrons. The minimum atomic E-state index is 0.213. The molecule has 0 heterocycles. The smallest absolute Gasteiger partial charge is 0.161 e. The average Bonchev–Trinajstić information content (AvgIpc) is 2.43. The average molecular weight is 256 g/mol. The van der Waals surface area contributed by atoms with Crippen LogP contribution in [0.3, 0.4) is 0 Å². The van der Waals surface area contributed by atoms with E-state index in [4.69, 9.17) is 4.74 Å². The molecule has 2 rings (SSSR count). The van der Waals surface area contributed by atoms with Crippen LogP contribution in [0.5, 0.6) is 11.5 Å². The van der Waals surface area contributed by atoms with Crippen LogP contribution in [-0.4, -0.2) is 11.7 Å². The van der Waals surface area contributed by atoms with Gasteiger partial charge in [-0.1, -0.05) is 30.3 Å². The van der Waals surface area contributed by atoms with Gasteiger partial charge in [0.15, 0.2) is 11.5 Å². The monoisotopic (exact) mass is 256 g/mol. The zero-order valence-corrected chi connectivity index (χ0v) is 11.1. The lowest BCUT2D eigenvalue weighted by atomic mass is 10.1. The van der Waals surface area contributed by atoms with Gasteiger partial charge < -0.3 is 9.84 Å². The number of allylic oxidation sites excluding steroid dienone is 1. The maximum atomic E-state index is 9.91. The summed E-state index contributed by atoms with van der Waals surface area (Å²) < 4.78 is 5.65. The van der Waals surface area contributed by atoms with Gasteiger partial charge in [0.05, 0.1) is 6.61 Å². The van der Waals surface area contributed by atoms with Crippen molar-refractivity contribution >= 4 is 10.8 Å². The van der Waals surface area contributed by atoms with Crippen LogP contribution in [0, 0.1) is 0 Å². The number of unbranched alkanes of at least 4 members (excludes halogenated alkanes) is 3. The van der Waals surface area contributed by atoms with E-state index in [1.54, 1.807) is 6.07 Å². The third-order valence-corrected chi connectivity index (χ3v) is 3.14. The summed E-state index contributed by atoms with van der Waals surface area (Å²) in [7, 11) is 0. The molecular formula is C17H20O2. The minimum absolute atomic E-state index is 0.213. The van der Waals surface area contributed by atoms with Crippen LogP contribution in [0.25, 0.3) is 10.8 Å². The number of ether oxygens (including phenoxy) is 1. The molecule has 0 fully saturated rings. The summed E-state index contributed by atoms with van der Waals surface area (Å²) >= 11 is 0. The van der Waals surface area contributed by atoms with E-state index >= 15 is 0 Å². The standard InChI is InChI=1S/C17H20O2/c1-2-3-4-5-8-11-19-17-13-15-10-7-6-9-14(15)12-16(17)18/h2,6-7,9-10,12-13,18H,1,3-5,8,11H2. The first kappa shape index (κ1) is 13.5. The zero-order chi connectivity index (χ0) is 13.5. The molecule has 0 amide bonds. The number of fused-ring (bicyclic) bond motifs is 1. The Labute approximate surface area is 114 Å². The van der Waals surface area contributed by atoms with Gasteiger partial charge in [0, 0.05) is 0 Å². The molecule has 0 aliphatic rings. The molecule has 0 saturated carbocycles. The topological polar surface area (TPSA) is 29.5 Å². The van der Waals surface area contributed by atoms with Crippen molar-refractivity contribution < 1.29 is 9.84 Å². The quantitative estimate of drug-likeness (QED) is 0.576. The zero-order valence-electron chi connectivity index (χ0n) is 11.1. The Morgan fingerprint density at radius 2 is 1.79 bits per heavy atom. The van der Waals surface area contributed by atoms with E-state index in [1.807, 2.05) is 36.4 Å². The van der Waals surface area contributed by atoms with Crippen LogP contribution < -0.4 is 4.74 Å². The maximum absolute atomic E-state index is 9.91. The molecule has 0 aliphatic heterocycles. The molecule has 19 heavy (non-hydrogen) atoms. The molecular weight excluding hydrogens is 236 g/mol. The van der Waals surface area contributed by atoms with Crippen LogP contribution in [0.2, 0.25) is 0 Å². The van der Waals surface area contributed by atoms with Gasteiger partial charge in [-0.05, 0) is 48.6 Å². The lowest BCUT2D eigenvalue weighted by Gasteiger charge is -2.09. The van der Waals surface area contributed by atoms with Crippen LogP contribution in [0.4, 0.5) is 0 Å². The number of aromatic hydroxyl groups is 1. The summed E-state index contributed by atoms with van der Waals surface area (Å²) in [6, 6.07) is 11.6. The molecule has 2 heteroatoms. The van der Waals surface area contributed by atoms with Crippen LogP contribution in [-0.2, 0) is 0 Å². The van der Waals surface area contributed by atoms with Gasteiger partial charge in [-0.15, -0.1) is 6.58 Å². The number of benzene rings is 2. The molecule has 0 aromatic heterocycles. The van der Waals surface area contributed by atoms with Crippen molar-refractivity contribution in [2.24, 2.45) is 0 Å². The third-order valence-electron chi connectivity index (χ3n) is 3.14. The number of rotatable bonds is 7. The lowest BCUT2D eigenvalue weighted by molar-refractivity contribution is 0.290.